The molecule has 2 heteroatoms. The quantitative estimate of drug-likeness (QED) is 0.758. The highest BCUT2D eigenvalue weighted by molar-refractivity contribution is 5.28. The summed E-state index contributed by atoms with van der Waals surface area (Å²) in [6, 6.07) is 9.11. The van der Waals surface area contributed by atoms with Crippen LogP contribution in [-0.2, 0) is 4.74 Å². The van der Waals surface area contributed by atoms with E-state index in [-0.39, 0.29) is 0 Å². The number of rotatable bonds is 8. The molecule has 0 aromatic heterocycles. The van der Waals surface area contributed by atoms with E-state index in [9.17, 15) is 0 Å². The van der Waals surface area contributed by atoms with Crippen molar-refractivity contribution in [2.45, 2.75) is 39.7 Å². The van der Waals surface area contributed by atoms with E-state index in [0.29, 0.717) is 12.0 Å². The Kier molecular flexibility index (Phi) is 6.99. The highest BCUT2D eigenvalue weighted by Gasteiger charge is 2.16. The molecule has 0 radical (unpaired) electrons. The lowest BCUT2D eigenvalue weighted by Crippen LogP contribution is -2.25. The maximum atomic E-state index is 5.25. The molecule has 102 valence electrons. The minimum atomic E-state index is 0.441. The summed E-state index contributed by atoms with van der Waals surface area (Å²) in [5.74, 6) is 0.573. The summed E-state index contributed by atoms with van der Waals surface area (Å²) in [6.45, 7) is 8.55. The first-order chi connectivity index (χ1) is 8.69. The second kappa shape index (κ2) is 8.28. The van der Waals surface area contributed by atoms with Gasteiger partial charge in [-0.3, -0.25) is 0 Å². The van der Waals surface area contributed by atoms with E-state index in [1.54, 1.807) is 7.11 Å². The van der Waals surface area contributed by atoms with E-state index in [1.165, 1.54) is 17.5 Å². The molecular weight excluding hydrogens is 222 g/mol. The highest BCUT2D eigenvalue weighted by atomic mass is 16.5. The fourth-order valence-corrected chi connectivity index (χ4v) is 2.37. The second-order valence-corrected chi connectivity index (χ2v) is 5.16. The third-order valence-corrected chi connectivity index (χ3v) is 3.29. The first-order valence-electron chi connectivity index (χ1n) is 6.96. The van der Waals surface area contributed by atoms with Crippen molar-refractivity contribution in [2.24, 2.45) is 5.92 Å². The van der Waals surface area contributed by atoms with Crippen molar-refractivity contribution in [3.63, 3.8) is 0 Å². The van der Waals surface area contributed by atoms with Crippen molar-refractivity contribution < 1.29 is 4.74 Å². The molecule has 2 nitrogen and oxygen atoms in total. The van der Waals surface area contributed by atoms with Gasteiger partial charge in [-0.05, 0) is 43.4 Å². The smallest absolute Gasteiger partial charge is 0.0488 e. The lowest BCUT2D eigenvalue weighted by atomic mass is 9.93. The number of hydrogen-bond donors (Lipinski definition) is 1. The van der Waals surface area contributed by atoms with Gasteiger partial charge in [-0.15, -0.1) is 0 Å². The van der Waals surface area contributed by atoms with Crippen molar-refractivity contribution in [1.29, 1.82) is 0 Å². The molecule has 18 heavy (non-hydrogen) atoms. The highest BCUT2D eigenvalue weighted by Crippen LogP contribution is 2.24. The van der Waals surface area contributed by atoms with Crippen LogP contribution in [0.3, 0.4) is 0 Å². The SMILES string of the molecule is CCCNC(CC(C)COC)c1ccccc1C. The second-order valence-electron chi connectivity index (χ2n) is 5.16. The monoisotopic (exact) mass is 249 g/mol. The number of hydrogen-bond acceptors (Lipinski definition) is 2. The van der Waals surface area contributed by atoms with Crippen LogP contribution in [0.4, 0.5) is 0 Å². The number of ether oxygens (including phenoxy) is 1. The lowest BCUT2D eigenvalue weighted by molar-refractivity contribution is 0.149. The Hall–Kier alpha value is -0.860. The van der Waals surface area contributed by atoms with Crippen LogP contribution in [0.2, 0.25) is 0 Å². The van der Waals surface area contributed by atoms with Gasteiger partial charge in [0.2, 0.25) is 0 Å². The van der Waals surface area contributed by atoms with E-state index in [4.69, 9.17) is 4.74 Å². The molecular formula is C16H27NO. The van der Waals surface area contributed by atoms with Gasteiger partial charge < -0.3 is 10.1 Å². The standard InChI is InChI=1S/C16H27NO/c1-5-10-17-16(11-13(2)12-18-4)15-9-7-6-8-14(15)3/h6-9,13,16-17H,5,10-12H2,1-4H3. The minimum Gasteiger partial charge on any atom is -0.384 e. The molecule has 1 aromatic rings. The van der Waals surface area contributed by atoms with E-state index in [0.717, 1.165) is 19.6 Å². The topological polar surface area (TPSA) is 21.3 Å². The van der Waals surface area contributed by atoms with Gasteiger partial charge in [0.25, 0.3) is 0 Å². The Morgan fingerprint density at radius 3 is 2.61 bits per heavy atom. The van der Waals surface area contributed by atoms with Crippen LogP contribution in [0, 0.1) is 12.8 Å². The fourth-order valence-electron chi connectivity index (χ4n) is 2.37. The van der Waals surface area contributed by atoms with E-state index in [2.05, 4.69) is 50.4 Å². The zero-order valence-electron chi connectivity index (χ0n) is 12.2. The van der Waals surface area contributed by atoms with Crippen molar-refractivity contribution in [1.82, 2.24) is 5.32 Å². The number of benzene rings is 1. The lowest BCUT2D eigenvalue weighted by Gasteiger charge is -2.24. The summed E-state index contributed by atoms with van der Waals surface area (Å²) in [6.07, 6.45) is 2.29. The summed E-state index contributed by atoms with van der Waals surface area (Å²) in [4.78, 5) is 0. The molecule has 2 unspecified atom stereocenters. The first kappa shape index (κ1) is 15.2. The Bertz CT molecular complexity index is 338. The van der Waals surface area contributed by atoms with Crippen LogP contribution in [0.15, 0.2) is 24.3 Å². The van der Waals surface area contributed by atoms with Gasteiger partial charge in [0.15, 0.2) is 0 Å². The van der Waals surface area contributed by atoms with Crippen LogP contribution in [0.25, 0.3) is 0 Å². The van der Waals surface area contributed by atoms with Gasteiger partial charge in [-0.2, -0.15) is 0 Å². The van der Waals surface area contributed by atoms with Crippen LogP contribution in [-0.4, -0.2) is 20.3 Å². The Labute approximate surface area is 112 Å². The molecule has 1 N–H and O–H groups in total. The average Bonchev–Trinajstić information content (AvgIpc) is 2.35. The van der Waals surface area contributed by atoms with Gasteiger partial charge in [0.05, 0.1) is 0 Å². The van der Waals surface area contributed by atoms with E-state index >= 15 is 0 Å². The van der Waals surface area contributed by atoms with Crippen molar-refractivity contribution in [2.75, 3.05) is 20.3 Å². The summed E-state index contributed by atoms with van der Waals surface area (Å²) in [7, 11) is 1.78. The zero-order chi connectivity index (χ0) is 13.4. The molecule has 0 amide bonds. The zero-order valence-corrected chi connectivity index (χ0v) is 12.2. The molecule has 2 atom stereocenters. The van der Waals surface area contributed by atoms with Crippen molar-refractivity contribution >= 4 is 0 Å². The summed E-state index contributed by atoms with van der Waals surface area (Å²) in [5.41, 5.74) is 2.80. The Balaban J connectivity index is 2.74. The molecule has 0 aliphatic rings. The molecule has 1 rings (SSSR count). The van der Waals surface area contributed by atoms with E-state index in [1.807, 2.05) is 0 Å². The maximum Gasteiger partial charge on any atom is 0.0488 e. The molecule has 0 aliphatic carbocycles. The predicted octanol–water partition coefficient (Wildman–Crippen LogP) is 3.71. The minimum absolute atomic E-state index is 0.441. The maximum absolute atomic E-state index is 5.25. The number of aryl methyl sites for hydroxylation is 1. The fraction of sp³-hybridized carbons (Fsp3) is 0.625. The van der Waals surface area contributed by atoms with Gasteiger partial charge in [0, 0.05) is 19.8 Å². The first-order valence-corrected chi connectivity index (χ1v) is 6.96. The average molecular weight is 249 g/mol. The van der Waals surface area contributed by atoms with Crippen LogP contribution in [0.5, 0.6) is 0 Å². The van der Waals surface area contributed by atoms with Gasteiger partial charge in [0.1, 0.15) is 0 Å². The molecule has 0 bridgehead atoms. The van der Waals surface area contributed by atoms with Gasteiger partial charge >= 0.3 is 0 Å². The molecule has 0 aliphatic heterocycles. The summed E-state index contributed by atoms with van der Waals surface area (Å²) in [5, 5.41) is 3.66. The van der Waals surface area contributed by atoms with Crippen molar-refractivity contribution in [3.05, 3.63) is 35.4 Å². The third-order valence-electron chi connectivity index (χ3n) is 3.29. The number of methoxy groups -OCH3 is 1. The molecule has 0 fully saturated rings. The molecule has 0 saturated heterocycles. The van der Waals surface area contributed by atoms with E-state index < -0.39 is 0 Å². The van der Waals surface area contributed by atoms with Gasteiger partial charge in [-0.1, -0.05) is 38.1 Å². The Morgan fingerprint density at radius 1 is 1.28 bits per heavy atom. The molecule has 0 saturated carbocycles. The summed E-state index contributed by atoms with van der Waals surface area (Å²) < 4.78 is 5.25. The third kappa shape index (κ3) is 4.79. The largest absolute Gasteiger partial charge is 0.384 e. The Morgan fingerprint density at radius 2 is 2.00 bits per heavy atom. The van der Waals surface area contributed by atoms with Crippen LogP contribution in [0.1, 0.15) is 43.9 Å². The number of nitrogens with one attached hydrogen (secondary N) is 1. The normalized spacial score (nSPS) is 14.4. The molecule has 1 aromatic carbocycles. The molecule has 0 spiro atoms. The predicted molar refractivity (Wildman–Crippen MR) is 77.9 cm³/mol. The van der Waals surface area contributed by atoms with Gasteiger partial charge in [-0.25, -0.2) is 0 Å². The van der Waals surface area contributed by atoms with Crippen LogP contribution < -0.4 is 5.32 Å². The summed E-state index contributed by atoms with van der Waals surface area (Å²) >= 11 is 0. The van der Waals surface area contributed by atoms with Crippen LogP contribution >= 0.6 is 0 Å². The molecule has 0 heterocycles. The van der Waals surface area contributed by atoms with Crippen molar-refractivity contribution in [3.8, 4) is 0 Å².